The Morgan fingerprint density at radius 1 is 1.25 bits per heavy atom. The normalized spacial score (nSPS) is 26.5. The van der Waals surface area contributed by atoms with E-state index >= 15 is 0 Å². The van der Waals surface area contributed by atoms with E-state index in [2.05, 4.69) is 34.3 Å². The summed E-state index contributed by atoms with van der Waals surface area (Å²) >= 11 is 0. The van der Waals surface area contributed by atoms with Crippen LogP contribution < -0.4 is 5.32 Å². The Bertz CT molecular complexity index is 700. The lowest BCUT2D eigenvalue weighted by Gasteiger charge is -2.33. The third kappa shape index (κ3) is 3.02. The van der Waals surface area contributed by atoms with E-state index in [1.54, 1.807) is 6.20 Å². The zero-order valence-electron chi connectivity index (χ0n) is 14.2. The molecule has 2 aliphatic rings. The van der Waals surface area contributed by atoms with Crippen LogP contribution >= 0.6 is 0 Å². The van der Waals surface area contributed by atoms with Gasteiger partial charge >= 0.3 is 0 Å². The van der Waals surface area contributed by atoms with Crippen molar-refractivity contribution in [2.24, 2.45) is 5.92 Å². The van der Waals surface area contributed by atoms with Gasteiger partial charge in [0, 0.05) is 36.2 Å². The minimum absolute atomic E-state index is 0.253. The molecule has 0 amide bonds. The van der Waals surface area contributed by atoms with E-state index in [-0.39, 0.29) is 5.92 Å². The molecule has 3 unspecified atom stereocenters. The maximum absolute atomic E-state index is 5.85. The number of hydrogen-bond acceptors (Lipinski definition) is 6. The van der Waals surface area contributed by atoms with Gasteiger partial charge in [-0.2, -0.15) is 4.98 Å². The Labute approximate surface area is 142 Å². The summed E-state index contributed by atoms with van der Waals surface area (Å²) in [6.45, 7) is 5.00. The third-order valence-electron chi connectivity index (χ3n) is 5.08. The van der Waals surface area contributed by atoms with Crippen LogP contribution in [-0.2, 0) is 4.74 Å². The van der Waals surface area contributed by atoms with Crippen LogP contribution in [0.3, 0.4) is 0 Å². The van der Waals surface area contributed by atoms with Gasteiger partial charge in [-0.05, 0) is 37.8 Å². The summed E-state index contributed by atoms with van der Waals surface area (Å²) in [7, 11) is 0. The van der Waals surface area contributed by atoms with E-state index in [0.29, 0.717) is 24.0 Å². The molecule has 24 heavy (non-hydrogen) atoms. The molecule has 2 aromatic rings. The lowest BCUT2D eigenvalue weighted by Crippen LogP contribution is -2.38. The highest BCUT2D eigenvalue weighted by Crippen LogP contribution is 2.36. The molecule has 4 rings (SSSR count). The first-order valence-corrected chi connectivity index (χ1v) is 8.89. The maximum Gasteiger partial charge on any atom is 0.258 e. The zero-order valence-corrected chi connectivity index (χ0v) is 14.2. The lowest BCUT2D eigenvalue weighted by molar-refractivity contribution is 0.0619. The summed E-state index contributed by atoms with van der Waals surface area (Å²) in [5, 5.41) is 7.65. The zero-order chi connectivity index (χ0) is 16.5. The van der Waals surface area contributed by atoms with Gasteiger partial charge in [-0.3, -0.25) is 0 Å². The van der Waals surface area contributed by atoms with Gasteiger partial charge in [0.15, 0.2) is 5.82 Å². The lowest BCUT2D eigenvalue weighted by atomic mass is 9.82. The van der Waals surface area contributed by atoms with Gasteiger partial charge in [0.1, 0.15) is 5.82 Å². The fourth-order valence-corrected chi connectivity index (χ4v) is 3.77. The Morgan fingerprint density at radius 2 is 2.17 bits per heavy atom. The SMILES string of the molecule is CC(C)c1noc(-c2ccnc(NC3CCCC4OCCC34)c2)n1. The summed E-state index contributed by atoms with van der Waals surface area (Å²) in [4.78, 5) is 8.94. The van der Waals surface area contributed by atoms with Gasteiger partial charge in [0.05, 0.1) is 6.10 Å². The van der Waals surface area contributed by atoms with E-state index < -0.39 is 0 Å². The Morgan fingerprint density at radius 3 is 3.00 bits per heavy atom. The molecule has 128 valence electrons. The van der Waals surface area contributed by atoms with E-state index in [1.807, 2.05) is 12.1 Å². The van der Waals surface area contributed by atoms with Crippen molar-refractivity contribution in [3.05, 3.63) is 24.2 Å². The first kappa shape index (κ1) is 15.6. The second-order valence-electron chi connectivity index (χ2n) is 7.09. The minimum Gasteiger partial charge on any atom is -0.378 e. The second-order valence-corrected chi connectivity index (χ2v) is 7.09. The number of nitrogens with one attached hydrogen (secondary N) is 1. The van der Waals surface area contributed by atoms with Crippen molar-refractivity contribution in [3.63, 3.8) is 0 Å². The Kier molecular flexibility index (Phi) is 4.22. The summed E-state index contributed by atoms with van der Waals surface area (Å²) in [5.41, 5.74) is 0.905. The molecule has 6 nitrogen and oxygen atoms in total. The summed E-state index contributed by atoms with van der Waals surface area (Å²) < 4.78 is 11.2. The van der Waals surface area contributed by atoms with Crippen LogP contribution in [0.15, 0.2) is 22.9 Å². The maximum atomic E-state index is 5.85. The van der Waals surface area contributed by atoms with Crippen molar-refractivity contribution in [3.8, 4) is 11.5 Å². The van der Waals surface area contributed by atoms with Crippen molar-refractivity contribution in [1.29, 1.82) is 0 Å². The number of hydrogen-bond donors (Lipinski definition) is 1. The molecule has 0 aromatic carbocycles. The summed E-state index contributed by atoms with van der Waals surface area (Å²) in [6.07, 6.45) is 6.93. The van der Waals surface area contributed by atoms with Gasteiger partial charge in [-0.15, -0.1) is 0 Å². The predicted molar refractivity (Wildman–Crippen MR) is 90.7 cm³/mol. The third-order valence-corrected chi connectivity index (χ3v) is 5.08. The predicted octanol–water partition coefficient (Wildman–Crippen LogP) is 3.62. The fraction of sp³-hybridized carbons (Fsp3) is 0.611. The summed E-state index contributed by atoms with van der Waals surface area (Å²) in [5.74, 6) is 3.00. The van der Waals surface area contributed by atoms with Crippen LogP contribution in [0.1, 0.15) is 51.3 Å². The molecule has 2 aromatic heterocycles. The molecule has 3 heterocycles. The molecule has 6 heteroatoms. The van der Waals surface area contributed by atoms with Gasteiger partial charge in [0.2, 0.25) is 0 Å². The van der Waals surface area contributed by atoms with Gasteiger partial charge in [-0.25, -0.2) is 4.98 Å². The van der Waals surface area contributed by atoms with Gasteiger partial charge < -0.3 is 14.6 Å². The quantitative estimate of drug-likeness (QED) is 0.924. The van der Waals surface area contributed by atoms with Crippen LogP contribution in [-0.4, -0.2) is 33.9 Å². The minimum atomic E-state index is 0.253. The molecule has 0 bridgehead atoms. The van der Waals surface area contributed by atoms with Crippen LogP contribution in [0.25, 0.3) is 11.5 Å². The fourth-order valence-electron chi connectivity index (χ4n) is 3.77. The monoisotopic (exact) mass is 328 g/mol. The highest BCUT2D eigenvalue weighted by atomic mass is 16.5. The molecule has 3 atom stereocenters. The molecule has 0 radical (unpaired) electrons. The highest BCUT2D eigenvalue weighted by molar-refractivity contribution is 5.58. The number of aromatic nitrogens is 3. The molecule has 1 saturated heterocycles. The molecule has 1 aliphatic heterocycles. The average molecular weight is 328 g/mol. The molecule has 1 N–H and O–H groups in total. The number of fused-ring (bicyclic) bond motifs is 1. The van der Waals surface area contributed by atoms with Crippen molar-refractivity contribution in [2.75, 3.05) is 11.9 Å². The second kappa shape index (κ2) is 6.51. The van der Waals surface area contributed by atoms with Gasteiger partial charge in [-0.1, -0.05) is 19.0 Å². The van der Waals surface area contributed by atoms with E-state index in [0.717, 1.165) is 30.2 Å². The first-order chi connectivity index (χ1) is 11.7. The topological polar surface area (TPSA) is 73.1 Å². The molecule has 1 aliphatic carbocycles. The van der Waals surface area contributed by atoms with E-state index in [1.165, 1.54) is 19.3 Å². The number of anilines is 1. The largest absolute Gasteiger partial charge is 0.378 e. The number of ether oxygens (including phenoxy) is 1. The van der Waals surface area contributed by atoms with Crippen molar-refractivity contribution in [2.45, 2.75) is 57.6 Å². The van der Waals surface area contributed by atoms with Crippen LogP contribution in [0.4, 0.5) is 5.82 Å². The highest BCUT2D eigenvalue weighted by Gasteiger charge is 2.37. The van der Waals surface area contributed by atoms with Crippen LogP contribution in [0.5, 0.6) is 0 Å². The van der Waals surface area contributed by atoms with Crippen molar-refractivity contribution < 1.29 is 9.26 Å². The van der Waals surface area contributed by atoms with Crippen LogP contribution in [0.2, 0.25) is 0 Å². The smallest absolute Gasteiger partial charge is 0.258 e. The average Bonchev–Trinajstić information content (AvgIpc) is 3.25. The number of rotatable bonds is 4. The van der Waals surface area contributed by atoms with Crippen molar-refractivity contribution >= 4 is 5.82 Å². The van der Waals surface area contributed by atoms with E-state index in [4.69, 9.17) is 9.26 Å². The number of pyridine rings is 1. The standard InChI is InChI=1S/C18H24N4O2/c1-11(2)17-21-18(24-22-17)12-6-8-19-16(10-12)20-14-4-3-5-15-13(14)7-9-23-15/h6,8,10-11,13-15H,3-5,7,9H2,1-2H3,(H,19,20). The number of nitrogens with zero attached hydrogens (tertiary/aromatic N) is 3. The molecule has 2 fully saturated rings. The molecule has 0 spiro atoms. The molecular formula is C18H24N4O2. The summed E-state index contributed by atoms with van der Waals surface area (Å²) in [6, 6.07) is 4.34. The Balaban J connectivity index is 1.52. The van der Waals surface area contributed by atoms with Crippen LogP contribution in [0, 0.1) is 5.92 Å². The molecular weight excluding hydrogens is 304 g/mol. The van der Waals surface area contributed by atoms with Crippen molar-refractivity contribution in [1.82, 2.24) is 15.1 Å². The first-order valence-electron chi connectivity index (χ1n) is 8.89. The van der Waals surface area contributed by atoms with E-state index in [9.17, 15) is 0 Å². The Hall–Kier alpha value is -1.95. The molecule has 1 saturated carbocycles. The van der Waals surface area contributed by atoms with Gasteiger partial charge in [0.25, 0.3) is 5.89 Å².